The van der Waals surface area contributed by atoms with Gasteiger partial charge >= 0.3 is 5.97 Å². The molecule has 2 aliphatic rings. The van der Waals surface area contributed by atoms with Gasteiger partial charge in [-0.2, -0.15) is 0 Å². The van der Waals surface area contributed by atoms with E-state index in [1.54, 1.807) is 7.05 Å². The molecule has 2 aliphatic heterocycles. The van der Waals surface area contributed by atoms with E-state index in [0.717, 1.165) is 58.4 Å². The molecule has 0 saturated carbocycles. The Morgan fingerprint density at radius 2 is 2.04 bits per heavy atom. The average molecular weight is 389 g/mol. The highest BCUT2D eigenvalue weighted by atomic mass is 16.5. The van der Waals surface area contributed by atoms with Crippen LogP contribution in [-0.4, -0.2) is 84.5 Å². The summed E-state index contributed by atoms with van der Waals surface area (Å²) in [6, 6.07) is 4.67. The molecule has 2 saturated heterocycles. The molecule has 0 radical (unpaired) electrons. The highest BCUT2D eigenvalue weighted by Gasteiger charge is 2.33. The first-order valence-corrected chi connectivity index (χ1v) is 10.2. The van der Waals surface area contributed by atoms with Gasteiger partial charge in [0.1, 0.15) is 6.54 Å². The lowest BCUT2D eigenvalue weighted by molar-refractivity contribution is -0.148. The van der Waals surface area contributed by atoms with Crippen LogP contribution in [0.15, 0.2) is 24.5 Å². The van der Waals surface area contributed by atoms with Crippen LogP contribution in [0.25, 0.3) is 0 Å². The third kappa shape index (κ3) is 5.52. The van der Waals surface area contributed by atoms with Gasteiger partial charge in [0.05, 0.1) is 13.0 Å². The largest absolute Gasteiger partial charge is 0.468 e. The fourth-order valence-corrected chi connectivity index (χ4v) is 4.38. The van der Waals surface area contributed by atoms with E-state index >= 15 is 0 Å². The standard InChI is InChI=1S/C21H32N4O3/c1-23(16-20(26)28-2)21(27)18-6-4-10-25(15-18)19-7-11-24(12-8-19)14-17-5-3-9-22-13-17/h3,5,9,13,18-19H,4,6-8,10-12,14-16H2,1-2H3/t18-/m1/s1. The van der Waals surface area contributed by atoms with E-state index in [4.69, 9.17) is 0 Å². The minimum atomic E-state index is -0.371. The van der Waals surface area contributed by atoms with Crippen molar-refractivity contribution in [1.29, 1.82) is 0 Å². The van der Waals surface area contributed by atoms with Crippen LogP contribution < -0.4 is 0 Å². The Morgan fingerprint density at radius 1 is 1.25 bits per heavy atom. The molecule has 0 bridgehead atoms. The van der Waals surface area contributed by atoms with Crippen LogP contribution in [0.5, 0.6) is 0 Å². The van der Waals surface area contributed by atoms with Crippen molar-refractivity contribution in [2.24, 2.45) is 5.92 Å². The number of likely N-dealkylation sites (N-methyl/N-ethyl adjacent to an activating group) is 1. The van der Waals surface area contributed by atoms with Crippen molar-refractivity contribution in [3.63, 3.8) is 0 Å². The Balaban J connectivity index is 1.47. The molecule has 1 atom stereocenters. The van der Waals surface area contributed by atoms with Gasteiger partial charge in [-0.05, 0) is 56.9 Å². The summed E-state index contributed by atoms with van der Waals surface area (Å²) in [6.45, 7) is 5.02. The van der Waals surface area contributed by atoms with Crippen LogP contribution in [0.3, 0.4) is 0 Å². The van der Waals surface area contributed by atoms with Crippen LogP contribution in [-0.2, 0) is 20.9 Å². The summed E-state index contributed by atoms with van der Waals surface area (Å²) in [4.78, 5) is 34.9. The first kappa shape index (κ1) is 20.7. The van der Waals surface area contributed by atoms with Crippen molar-refractivity contribution in [1.82, 2.24) is 19.7 Å². The number of pyridine rings is 1. The van der Waals surface area contributed by atoms with Crippen LogP contribution in [0.1, 0.15) is 31.2 Å². The van der Waals surface area contributed by atoms with Gasteiger partial charge in [-0.25, -0.2) is 0 Å². The van der Waals surface area contributed by atoms with Crippen LogP contribution in [0.4, 0.5) is 0 Å². The highest BCUT2D eigenvalue weighted by molar-refractivity contribution is 5.83. The van der Waals surface area contributed by atoms with E-state index in [1.807, 2.05) is 18.5 Å². The molecule has 7 heteroatoms. The third-order valence-corrected chi connectivity index (χ3v) is 5.97. The first-order valence-electron chi connectivity index (χ1n) is 10.2. The van der Waals surface area contributed by atoms with E-state index in [1.165, 1.54) is 17.6 Å². The molecule has 3 rings (SSSR count). The molecule has 0 unspecified atom stereocenters. The predicted octanol–water partition coefficient (Wildman–Crippen LogP) is 1.39. The summed E-state index contributed by atoms with van der Waals surface area (Å²) in [5.41, 5.74) is 1.26. The number of methoxy groups -OCH3 is 1. The minimum Gasteiger partial charge on any atom is -0.468 e. The second-order valence-electron chi connectivity index (χ2n) is 7.97. The Labute approximate surface area is 167 Å². The zero-order valence-electron chi connectivity index (χ0n) is 17.0. The molecule has 3 heterocycles. The third-order valence-electron chi connectivity index (χ3n) is 5.97. The summed E-state index contributed by atoms with van der Waals surface area (Å²) in [6.07, 6.45) is 7.97. The number of hydrogen-bond donors (Lipinski definition) is 0. The molecule has 0 N–H and O–H groups in total. The average Bonchev–Trinajstić information content (AvgIpc) is 2.74. The Morgan fingerprint density at radius 3 is 2.71 bits per heavy atom. The maximum Gasteiger partial charge on any atom is 0.325 e. The van der Waals surface area contributed by atoms with Gasteiger partial charge in [-0.15, -0.1) is 0 Å². The van der Waals surface area contributed by atoms with Crippen molar-refractivity contribution < 1.29 is 14.3 Å². The number of nitrogens with zero attached hydrogens (tertiary/aromatic N) is 4. The van der Waals surface area contributed by atoms with Gasteiger partial charge < -0.3 is 9.64 Å². The molecular weight excluding hydrogens is 356 g/mol. The van der Waals surface area contributed by atoms with Gasteiger partial charge in [-0.1, -0.05) is 6.07 Å². The number of ether oxygens (including phenoxy) is 1. The van der Waals surface area contributed by atoms with E-state index < -0.39 is 0 Å². The van der Waals surface area contributed by atoms with Gasteiger partial charge in [0.2, 0.25) is 5.91 Å². The quantitative estimate of drug-likeness (QED) is 0.686. The number of amides is 1. The molecule has 1 amide bonds. The number of hydrogen-bond acceptors (Lipinski definition) is 6. The molecule has 28 heavy (non-hydrogen) atoms. The first-order chi connectivity index (χ1) is 13.6. The molecule has 7 nitrogen and oxygen atoms in total. The summed E-state index contributed by atoms with van der Waals surface area (Å²) >= 11 is 0. The monoisotopic (exact) mass is 388 g/mol. The fraction of sp³-hybridized carbons (Fsp3) is 0.667. The van der Waals surface area contributed by atoms with E-state index in [9.17, 15) is 9.59 Å². The highest BCUT2D eigenvalue weighted by Crippen LogP contribution is 2.25. The maximum absolute atomic E-state index is 12.7. The summed E-state index contributed by atoms with van der Waals surface area (Å²) in [5, 5.41) is 0. The van der Waals surface area contributed by atoms with E-state index in [-0.39, 0.29) is 24.3 Å². The molecule has 0 aliphatic carbocycles. The second-order valence-corrected chi connectivity index (χ2v) is 7.97. The van der Waals surface area contributed by atoms with Gasteiger partial charge in [0, 0.05) is 38.6 Å². The summed E-state index contributed by atoms with van der Waals surface area (Å²) < 4.78 is 4.68. The Bertz CT molecular complexity index is 646. The zero-order valence-corrected chi connectivity index (χ0v) is 17.0. The normalized spacial score (nSPS) is 22.0. The van der Waals surface area contributed by atoms with Crippen molar-refractivity contribution in [2.75, 3.05) is 46.9 Å². The lowest BCUT2D eigenvalue weighted by Crippen LogP contribution is -2.51. The summed E-state index contributed by atoms with van der Waals surface area (Å²) in [7, 11) is 3.04. The Hall–Kier alpha value is -1.99. The fourth-order valence-electron chi connectivity index (χ4n) is 4.38. The molecule has 0 spiro atoms. The van der Waals surface area contributed by atoms with Gasteiger partial charge in [0.15, 0.2) is 0 Å². The number of rotatable bonds is 6. The van der Waals surface area contributed by atoms with Crippen molar-refractivity contribution in [3.8, 4) is 0 Å². The zero-order chi connectivity index (χ0) is 19.9. The number of carbonyl (C=O) groups excluding carboxylic acids is 2. The molecule has 1 aromatic heterocycles. The van der Waals surface area contributed by atoms with Crippen LogP contribution in [0, 0.1) is 5.92 Å². The Kier molecular flexibility index (Phi) is 7.39. The van der Waals surface area contributed by atoms with Crippen molar-refractivity contribution in [2.45, 2.75) is 38.3 Å². The topological polar surface area (TPSA) is 66.0 Å². The van der Waals surface area contributed by atoms with Crippen molar-refractivity contribution >= 4 is 11.9 Å². The van der Waals surface area contributed by atoms with E-state index in [2.05, 4.69) is 25.6 Å². The number of aromatic nitrogens is 1. The molecular formula is C21H32N4O3. The molecule has 0 aromatic carbocycles. The maximum atomic E-state index is 12.7. The van der Waals surface area contributed by atoms with Gasteiger partial charge in [0.25, 0.3) is 0 Å². The van der Waals surface area contributed by atoms with Crippen LogP contribution in [0.2, 0.25) is 0 Å². The minimum absolute atomic E-state index is 0.0168. The van der Waals surface area contributed by atoms with Gasteiger partial charge in [-0.3, -0.25) is 24.4 Å². The molecule has 1 aromatic rings. The number of esters is 1. The number of carbonyl (C=O) groups is 2. The smallest absolute Gasteiger partial charge is 0.325 e. The number of piperidine rings is 2. The molecule has 2 fully saturated rings. The van der Waals surface area contributed by atoms with Crippen LogP contribution >= 0.6 is 0 Å². The predicted molar refractivity (Wildman–Crippen MR) is 106 cm³/mol. The van der Waals surface area contributed by atoms with E-state index in [0.29, 0.717) is 6.04 Å². The second kappa shape index (κ2) is 9.98. The van der Waals surface area contributed by atoms with Crippen molar-refractivity contribution in [3.05, 3.63) is 30.1 Å². The SMILES string of the molecule is COC(=O)CN(C)C(=O)[C@@H]1CCCN(C2CCN(Cc3cccnc3)CC2)C1. The lowest BCUT2D eigenvalue weighted by atomic mass is 9.93. The number of likely N-dealkylation sites (tertiary alicyclic amines) is 2. The lowest BCUT2D eigenvalue weighted by Gasteiger charge is -2.42. The summed E-state index contributed by atoms with van der Waals surface area (Å²) in [5.74, 6) is -0.328. The molecule has 154 valence electrons.